The highest BCUT2D eigenvalue weighted by Crippen LogP contribution is 2.38. The van der Waals surface area contributed by atoms with Crippen LogP contribution >= 0.6 is 0 Å². The van der Waals surface area contributed by atoms with E-state index >= 15 is 0 Å². The molecule has 1 N–H and O–H groups in total. The Balaban J connectivity index is 2.67. The zero-order valence-corrected chi connectivity index (χ0v) is 18.0. The highest BCUT2D eigenvalue weighted by Gasteiger charge is 2.39. The molecule has 1 atom stereocenters. The average molecular weight is 379 g/mol. The van der Waals surface area contributed by atoms with Crippen LogP contribution < -0.4 is 4.43 Å². The standard InChI is InChI=1S/C21H34O4Si/c1-21(2,3)26(5,6)25-19-13-9-7-11-17(19)15-16-18(22)12-8-10-14-20(23)24-4/h7,9,11,13,15-16,18,22H,8,10,12,14H2,1-6H3. The van der Waals surface area contributed by atoms with Crippen LogP contribution in [-0.4, -0.2) is 32.6 Å². The summed E-state index contributed by atoms with van der Waals surface area (Å²) in [6.07, 6.45) is 5.72. The third-order valence-corrected chi connectivity index (χ3v) is 9.29. The highest BCUT2D eigenvalue weighted by molar-refractivity contribution is 6.74. The number of benzene rings is 1. The first-order valence-corrected chi connectivity index (χ1v) is 12.2. The van der Waals surface area contributed by atoms with Crippen LogP contribution in [0.15, 0.2) is 30.3 Å². The van der Waals surface area contributed by atoms with Crippen LogP contribution in [0.2, 0.25) is 18.1 Å². The minimum absolute atomic E-state index is 0.128. The molecule has 0 aliphatic carbocycles. The van der Waals surface area contributed by atoms with Gasteiger partial charge in [-0.2, -0.15) is 0 Å². The molecule has 0 fully saturated rings. The first kappa shape index (κ1) is 22.4. The minimum Gasteiger partial charge on any atom is -0.543 e. The van der Waals surface area contributed by atoms with E-state index in [4.69, 9.17) is 4.43 Å². The van der Waals surface area contributed by atoms with Crippen LogP contribution in [0.25, 0.3) is 6.08 Å². The Hall–Kier alpha value is -1.59. The lowest BCUT2D eigenvalue weighted by molar-refractivity contribution is -0.140. The summed E-state index contributed by atoms with van der Waals surface area (Å²) in [5, 5.41) is 10.3. The molecule has 0 spiro atoms. The number of para-hydroxylation sites is 1. The number of esters is 1. The monoisotopic (exact) mass is 378 g/mol. The number of hydrogen-bond donors (Lipinski definition) is 1. The summed E-state index contributed by atoms with van der Waals surface area (Å²) in [6.45, 7) is 11.1. The van der Waals surface area contributed by atoms with Crippen molar-refractivity contribution < 1.29 is 19.1 Å². The fourth-order valence-corrected chi connectivity index (χ4v) is 3.22. The summed E-state index contributed by atoms with van der Waals surface area (Å²) < 4.78 is 11.0. The van der Waals surface area contributed by atoms with E-state index in [9.17, 15) is 9.90 Å². The van der Waals surface area contributed by atoms with Gasteiger partial charge in [0.2, 0.25) is 0 Å². The molecular weight excluding hydrogens is 344 g/mol. The third kappa shape index (κ3) is 7.34. The number of hydrogen-bond acceptors (Lipinski definition) is 4. The van der Waals surface area contributed by atoms with E-state index < -0.39 is 14.4 Å². The van der Waals surface area contributed by atoms with Gasteiger partial charge in [-0.05, 0) is 43.5 Å². The molecule has 0 saturated heterocycles. The van der Waals surface area contributed by atoms with Crippen LogP contribution in [-0.2, 0) is 9.53 Å². The second kappa shape index (κ2) is 9.93. The maximum atomic E-state index is 11.1. The smallest absolute Gasteiger partial charge is 0.305 e. The van der Waals surface area contributed by atoms with Gasteiger partial charge >= 0.3 is 5.97 Å². The second-order valence-electron chi connectivity index (χ2n) is 8.15. The quantitative estimate of drug-likeness (QED) is 0.365. The number of aliphatic hydroxyl groups is 1. The summed E-state index contributed by atoms with van der Waals surface area (Å²) in [7, 11) is -0.522. The number of unbranched alkanes of at least 4 members (excludes halogenated alkanes) is 1. The molecule has 0 radical (unpaired) electrons. The normalized spacial score (nSPS) is 13.7. The van der Waals surface area contributed by atoms with E-state index in [0.29, 0.717) is 12.8 Å². The largest absolute Gasteiger partial charge is 0.543 e. The molecule has 0 bridgehead atoms. The van der Waals surface area contributed by atoms with Gasteiger partial charge in [-0.25, -0.2) is 0 Å². The fraction of sp³-hybridized carbons (Fsp3) is 0.571. The predicted octanol–water partition coefficient (Wildman–Crippen LogP) is 5.18. The molecule has 5 heteroatoms. The van der Waals surface area contributed by atoms with E-state index in [1.807, 2.05) is 30.3 Å². The number of aliphatic hydroxyl groups excluding tert-OH is 1. The Morgan fingerprint density at radius 2 is 1.88 bits per heavy atom. The van der Waals surface area contributed by atoms with Crippen LogP contribution in [0.5, 0.6) is 5.75 Å². The van der Waals surface area contributed by atoms with Crippen molar-refractivity contribution in [2.45, 2.75) is 70.7 Å². The molecule has 146 valence electrons. The molecule has 1 aromatic rings. The molecule has 0 aliphatic heterocycles. The summed E-state index contributed by atoms with van der Waals surface area (Å²) in [5.41, 5.74) is 0.978. The zero-order chi connectivity index (χ0) is 19.8. The van der Waals surface area contributed by atoms with E-state index in [0.717, 1.165) is 24.2 Å². The Morgan fingerprint density at radius 3 is 2.50 bits per heavy atom. The summed E-state index contributed by atoms with van der Waals surface area (Å²) in [6, 6.07) is 7.94. The summed E-state index contributed by atoms with van der Waals surface area (Å²) in [5.74, 6) is 0.667. The molecule has 0 aromatic heterocycles. The number of carbonyl (C=O) groups excluding carboxylic acids is 1. The van der Waals surface area contributed by atoms with Gasteiger partial charge in [-0.3, -0.25) is 4.79 Å². The van der Waals surface area contributed by atoms with Crippen LogP contribution in [0.3, 0.4) is 0 Å². The number of rotatable bonds is 9. The van der Waals surface area contributed by atoms with Gasteiger partial charge in [0.05, 0.1) is 13.2 Å². The minimum atomic E-state index is -1.91. The van der Waals surface area contributed by atoms with Crippen molar-refractivity contribution in [3.8, 4) is 5.75 Å². The van der Waals surface area contributed by atoms with Crippen LogP contribution in [0, 0.1) is 0 Å². The summed E-state index contributed by atoms with van der Waals surface area (Å²) in [4.78, 5) is 11.1. The van der Waals surface area contributed by atoms with Crippen molar-refractivity contribution in [2.75, 3.05) is 7.11 Å². The first-order valence-electron chi connectivity index (χ1n) is 9.28. The van der Waals surface area contributed by atoms with Gasteiger partial charge in [-0.15, -0.1) is 0 Å². The van der Waals surface area contributed by atoms with Gasteiger partial charge < -0.3 is 14.3 Å². The topological polar surface area (TPSA) is 55.8 Å². The van der Waals surface area contributed by atoms with Gasteiger partial charge in [0.15, 0.2) is 0 Å². The molecule has 0 aliphatic rings. The van der Waals surface area contributed by atoms with Gasteiger partial charge in [0.25, 0.3) is 8.32 Å². The van der Waals surface area contributed by atoms with Crippen molar-refractivity contribution in [2.24, 2.45) is 0 Å². The Bertz CT molecular complexity index is 602. The first-order chi connectivity index (χ1) is 12.1. The van der Waals surface area contributed by atoms with Crippen molar-refractivity contribution in [1.29, 1.82) is 0 Å². The molecule has 4 nitrogen and oxygen atoms in total. The van der Waals surface area contributed by atoms with Crippen molar-refractivity contribution in [3.05, 3.63) is 35.9 Å². The Morgan fingerprint density at radius 1 is 1.23 bits per heavy atom. The van der Waals surface area contributed by atoms with Crippen molar-refractivity contribution in [3.63, 3.8) is 0 Å². The lowest BCUT2D eigenvalue weighted by Gasteiger charge is -2.36. The predicted molar refractivity (Wildman–Crippen MR) is 110 cm³/mol. The van der Waals surface area contributed by atoms with Crippen molar-refractivity contribution in [1.82, 2.24) is 0 Å². The lowest BCUT2D eigenvalue weighted by Crippen LogP contribution is -2.44. The van der Waals surface area contributed by atoms with Crippen LogP contribution in [0.4, 0.5) is 0 Å². The second-order valence-corrected chi connectivity index (χ2v) is 12.9. The summed E-state index contributed by atoms with van der Waals surface area (Å²) >= 11 is 0. The SMILES string of the molecule is COC(=O)CCCCC(O)C=Cc1ccccc1O[Si](C)(C)C(C)(C)C. The molecule has 1 rings (SSSR count). The maximum absolute atomic E-state index is 11.1. The number of ether oxygens (including phenoxy) is 1. The molecule has 0 amide bonds. The molecule has 0 saturated carbocycles. The third-order valence-electron chi connectivity index (χ3n) is 4.95. The highest BCUT2D eigenvalue weighted by atomic mass is 28.4. The number of carbonyl (C=O) groups is 1. The fourth-order valence-electron chi connectivity index (χ4n) is 2.17. The maximum Gasteiger partial charge on any atom is 0.305 e. The zero-order valence-electron chi connectivity index (χ0n) is 17.0. The van der Waals surface area contributed by atoms with Gasteiger partial charge in [0, 0.05) is 12.0 Å². The molecule has 0 heterocycles. The van der Waals surface area contributed by atoms with E-state index in [2.05, 4.69) is 38.6 Å². The molecule has 26 heavy (non-hydrogen) atoms. The average Bonchev–Trinajstić information content (AvgIpc) is 2.56. The van der Waals surface area contributed by atoms with Gasteiger partial charge in [0.1, 0.15) is 5.75 Å². The van der Waals surface area contributed by atoms with E-state index in [-0.39, 0.29) is 11.0 Å². The van der Waals surface area contributed by atoms with Gasteiger partial charge in [-0.1, -0.05) is 51.1 Å². The lowest BCUT2D eigenvalue weighted by atomic mass is 10.1. The number of methoxy groups -OCH3 is 1. The Kier molecular flexibility index (Phi) is 8.57. The molecule has 1 aromatic carbocycles. The van der Waals surface area contributed by atoms with Crippen molar-refractivity contribution >= 4 is 20.4 Å². The Labute approximate surface area is 159 Å². The molecule has 1 unspecified atom stereocenters. The molecular formula is C21H34O4Si. The van der Waals surface area contributed by atoms with Crippen LogP contribution in [0.1, 0.15) is 52.0 Å². The van der Waals surface area contributed by atoms with E-state index in [1.54, 1.807) is 6.08 Å². The van der Waals surface area contributed by atoms with E-state index in [1.165, 1.54) is 7.11 Å².